The summed E-state index contributed by atoms with van der Waals surface area (Å²) in [6.45, 7) is 3.00. The lowest BCUT2D eigenvalue weighted by molar-refractivity contribution is 0.797. The van der Waals surface area contributed by atoms with E-state index in [2.05, 4.69) is 22.2 Å². The predicted octanol–water partition coefficient (Wildman–Crippen LogP) is 0.264. The van der Waals surface area contributed by atoms with Gasteiger partial charge < -0.3 is 4.90 Å². The van der Waals surface area contributed by atoms with E-state index in [1.807, 2.05) is 18.0 Å². The van der Waals surface area contributed by atoms with Crippen molar-refractivity contribution in [2.45, 2.75) is 13.3 Å². The van der Waals surface area contributed by atoms with Crippen LogP contribution in [0.2, 0.25) is 0 Å². The molecule has 2 heterocycles. The van der Waals surface area contributed by atoms with Crippen LogP contribution in [0.25, 0.3) is 5.65 Å². The molecule has 0 aliphatic heterocycles. The van der Waals surface area contributed by atoms with Crippen molar-refractivity contribution < 1.29 is 0 Å². The second kappa shape index (κ2) is 3.72. The zero-order valence-corrected chi connectivity index (χ0v) is 8.77. The van der Waals surface area contributed by atoms with Crippen molar-refractivity contribution in [1.29, 1.82) is 0 Å². The predicted molar refractivity (Wildman–Crippen MR) is 57.2 cm³/mol. The zero-order valence-electron chi connectivity index (χ0n) is 8.77. The molecule has 0 saturated heterocycles. The van der Waals surface area contributed by atoms with Crippen molar-refractivity contribution in [1.82, 2.24) is 19.8 Å². The van der Waals surface area contributed by atoms with Crippen LogP contribution in [-0.4, -0.2) is 33.4 Å². The van der Waals surface area contributed by atoms with Crippen molar-refractivity contribution in [3.05, 3.63) is 22.6 Å². The van der Waals surface area contributed by atoms with Crippen molar-refractivity contribution in [2.24, 2.45) is 0 Å². The Hall–Kier alpha value is -1.85. The Bertz CT molecular complexity index is 514. The van der Waals surface area contributed by atoms with Gasteiger partial charge in [-0.1, -0.05) is 6.92 Å². The molecule has 0 aromatic carbocycles. The van der Waals surface area contributed by atoms with E-state index in [1.54, 1.807) is 6.07 Å². The molecule has 2 aromatic heterocycles. The van der Waals surface area contributed by atoms with Gasteiger partial charge in [0, 0.05) is 13.6 Å². The third-order valence-corrected chi connectivity index (χ3v) is 2.21. The Kier molecular flexibility index (Phi) is 2.40. The zero-order chi connectivity index (χ0) is 10.8. The summed E-state index contributed by atoms with van der Waals surface area (Å²) in [4.78, 5) is 13.3. The molecular weight excluding hydrogens is 194 g/mol. The third kappa shape index (κ3) is 1.70. The van der Waals surface area contributed by atoms with Gasteiger partial charge >= 0.3 is 5.69 Å². The average Bonchev–Trinajstić information content (AvgIpc) is 2.60. The summed E-state index contributed by atoms with van der Waals surface area (Å²) in [6, 6.07) is 3.62. The minimum Gasteiger partial charge on any atom is -0.358 e. The van der Waals surface area contributed by atoms with Gasteiger partial charge in [0.2, 0.25) is 0 Å². The number of rotatable bonds is 3. The standard InChI is InChI=1S/C9H13N5O/c1-3-6-13(2)8-5-4-7-10-11-9(15)14(7)12-8/h4-5H,3,6H2,1-2H3,(H,11,15). The number of anilines is 1. The molecule has 0 unspecified atom stereocenters. The number of nitrogens with zero attached hydrogens (tertiary/aromatic N) is 4. The van der Waals surface area contributed by atoms with Gasteiger partial charge in [0.05, 0.1) is 0 Å². The van der Waals surface area contributed by atoms with Crippen LogP contribution in [0, 0.1) is 0 Å². The number of hydrogen-bond donors (Lipinski definition) is 1. The highest BCUT2D eigenvalue weighted by molar-refractivity contribution is 5.44. The van der Waals surface area contributed by atoms with E-state index >= 15 is 0 Å². The van der Waals surface area contributed by atoms with E-state index in [-0.39, 0.29) is 5.69 Å². The van der Waals surface area contributed by atoms with E-state index in [1.165, 1.54) is 4.52 Å². The summed E-state index contributed by atoms with van der Waals surface area (Å²) in [5.41, 5.74) is 0.227. The molecule has 1 N–H and O–H groups in total. The molecule has 2 rings (SSSR count). The Morgan fingerprint density at radius 3 is 3.07 bits per heavy atom. The van der Waals surface area contributed by atoms with Crippen LogP contribution < -0.4 is 10.6 Å². The number of aromatic amines is 1. The highest BCUT2D eigenvalue weighted by atomic mass is 16.2. The number of fused-ring (bicyclic) bond motifs is 1. The molecule has 6 nitrogen and oxygen atoms in total. The quantitative estimate of drug-likeness (QED) is 0.784. The van der Waals surface area contributed by atoms with Gasteiger partial charge in [0.15, 0.2) is 5.65 Å². The fourth-order valence-corrected chi connectivity index (χ4v) is 1.45. The van der Waals surface area contributed by atoms with E-state index in [0.29, 0.717) is 5.65 Å². The first-order chi connectivity index (χ1) is 7.22. The van der Waals surface area contributed by atoms with Crippen LogP contribution in [0.1, 0.15) is 13.3 Å². The summed E-state index contributed by atoms with van der Waals surface area (Å²) in [5, 5.41) is 10.3. The van der Waals surface area contributed by atoms with Crippen LogP contribution in [0.4, 0.5) is 5.82 Å². The van der Waals surface area contributed by atoms with Crippen molar-refractivity contribution in [3.8, 4) is 0 Å². The highest BCUT2D eigenvalue weighted by Gasteiger charge is 2.05. The smallest absolute Gasteiger partial charge is 0.358 e. The number of aromatic nitrogens is 4. The molecule has 0 atom stereocenters. The maximum Gasteiger partial charge on any atom is 0.364 e. The fraction of sp³-hybridized carbons (Fsp3) is 0.444. The molecule has 0 saturated carbocycles. The molecule has 2 aromatic rings. The Labute approximate surface area is 86.5 Å². The average molecular weight is 207 g/mol. The van der Waals surface area contributed by atoms with Crippen LogP contribution >= 0.6 is 0 Å². The van der Waals surface area contributed by atoms with Gasteiger partial charge in [-0.3, -0.25) is 0 Å². The number of H-pyrrole nitrogens is 1. The first-order valence-corrected chi connectivity index (χ1v) is 4.88. The van der Waals surface area contributed by atoms with Gasteiger partial charge in [0.1, 0.15) is 5.82 Å². The normalized spacial score (nSPS) is 10.8. The molecular formula is C9H13N5O. The Morgan fingerprint density at radius 1 is 1.53 bits per heavy atom. The number of hydrogen-bond acceptors (Lipinski definition) is 4. The molecule has 0 spiro atoms. The molecule has 0 bridgehead atoms. The Morgan fingerprint density at radius 2 is 2.33 bits per heavy atom. The van der Waals surface area contributed by atoms with Gasteiger partial charge in [-0.15, -0.1) is 5.10 Å². The summed E-state index contributed by atoms with van der Waals surface area (Å²) < 4.78 is 1.27. The largest absolute Gasteiger partial charge is 0.364 e. The molecule has 0 aliphatic carbocycles. The van der Waals surface area contributed by atoms with Gasteiger partial charge in [-0.2, -0.15) is 9.61 Å². The van der Waals surface area contributed by atoms with Crippen molar-refractivity contribution in [2.75, 3.05) is 18.5 Å². The lowest BCUT2D eigenvalue weighted by Gasteiger charge is -2.16. The molecule has 0 fully saturated rings. The molecule has 0 radical (unpaired) electrons. The maximum absolute atomic E-state index is 11.3. The lowest BCUT2D eigenvalue weighted by atomic mass is 10.4. The van der Waals surface area contributed by atoms with Crippen molar-refractivity contribution in [3.63, 3.8) is 0 Å². The SMILES string of the molecule is CCCN(C)c1ccc2n[nH]c(=O)n2n1. The van der Waals surface area contributed by atoms with Crippen LogP contribution in [0.3, 0.4) is 0 Å². The summed E-state index contributed by atoms with van der Waals surface area (Å²) in [5.74, 6) is 0.771. The highest BCUT2D eigenvalue weighted by Crippen LogP contribution is 2.08. The van der Waals surface area contributed by atoms with Gasteiger partial charge in [0.25, 0.3) is 0 Å². The van der Waals surface area contributed by atoms with Crippen LogP contribution in [-0.2, 0) is 0 Å². The molecule has 15 heavy (non-hydrogen) atoms. The van der Waals surface area contributed by atoms with Crippen LogP contribution in [0.5, 0.6) is 0 Å². The molecule has 80 valence electrons. The van der Waals surface area contributed by atoms with Gasteiger partial charge in [-0.05, 0) is 18.6 Å². The van der Waals surface area contributed by atoms with Crippen molar-refractivity contribution >= 4 is 11.5 Å². The Balaban J connectivity index is 2.45. The summed E-state index contributed by atoms with van der Waals surface area (Å²) in [6.07, 6.45) is 1.04. The number of nitrogens with one attached hydrogen (secondary N) is 1. The summed E-state index contributed by atoms with van der Waals surface area (Å²) in [7, 11) is 1.95. The van der Waals surface area contributed by atoms with E-state index < -0.39 is 0 Å². The second-order valence-electron chi connectivity index (χ2n) is 3.41. The molecule has 0 amide bonds. The summed E-state index contributed by atoms with van der Waals surface area (Å²) >= 11 is 0. The van der Waals surface area contributed by atoms with E-state index in [9.17, 15) is 4.79 Å². The van der Waals surface area contributed by atoms with Crippen LogP contribution in [0.15, 0.2) is 16.9 Å². The lowest BCUT2D eigenvalue weighted by Crippen LogP contribution is -2.22. The first-order valence-electron chi connectivity index (χ1n) is 4.88. The molecule has 0 aliphatic rings. The minimum absolute atomic E-state index is 0.309. The van der Waals surface area contributed by atoms with E-state index in [0.717, 1.165) is 18.8 Å². The second-order valence-corrected chi connectivity index (χ2v) is 3.41. The fourth-order valence-electron chi connectivity index (χ4n) is 1.45. The maximum atomic E-state index is 11.3. The molecule has 6 heteroatoms. The topological polar surface area (TPSA) is 66.3 Å². The van der Waals surface area contributed by atoms with Gasteiger partial charge in [-0.25, -0.2) is 9.89 Å². The first kappa shape index (κ1) is 9.70. The monoisotopic (exact) mass is 207 g/mol. The third-order valence-electron chi connectivity index (χ3n) is 2.21. The van der Waals surface area contributed by atoms with E-state index in [4.69, 9.17) is 0 Å². The minimum atomic E-state index is -0.309.